The highest BCUT2D eigenvalue weighted by molar-refractivity contribution is 5.77. The molecule has 7 heteroatoms. The molecule has 0 spiro atoms. The minimum atomic E-state index is 0.644. The van der Waals surface area contributed by atoms with E-state index in [1.807, 2.05) is 20.2 Å². The van der Waals surface area contributed by atoms with E-state index < -0.39 is 0 Å². The summed E-state index contributed by atoms with van der Waals surface area (Å²) < 4.78 is 1.80. The van der Waals surface area contributed by atoms with Crippen molar-refractivity contribution < 1.29 is 0 Å². The first-order chi connectivity index (χ1) is 8.81. The van der Waals surface area contributed by atoms with Gasteiger partial charge in [0.25, 0.3) is 0 Å². The lowest BCUT2D eigenvalue weighted by molar-refractivity contribution is 0.793. The molecule has 7 nitrogen and oxygen atoms in total. The largest absolute Gasteiger partial charge is 0.340 e. The van der Waals surface area contributed by atoms with Crippen molar-refractivity contribution in [1.29, 1.82) is 0 Å². The van der Waals surface area contributed by atoms with Gasteiger partial charge in [-0.1, -0.05) is 0 Å². The Labute approximate surface area is 103 Å². The number of hydrogen-bond donors (Lipinski definition) is 2. The summed E-state index contributed by atoms with van der Waals surface area (Å²) in [6.45, 7) is 2.80. The van der Waals surface area contributed by atoms with Gasteiger partial charge in [-0.05, 0) is 14.0 Å². The van der Waals surface area contributed by atoms with E-state index in [9.17, 15) is 0 Å². The van der Waals surface area contributed by atoms with Crippen LogP contribution in [0.1, 0.15) is 11.3 Å². The highest BCUT2D eigenvalue weighted by atomic mass is 15.3. The summed E-state index contributed by atoms with van der Waals surface area (Å²) in [5, 5.41) is 7.49. The number of rotatable bonds is 3. The molecule has 0 aromatic carbocycles. The molecule has 3 rings (SSSR count). The number of aromatic nitrogens is 6. The summed E-state index contributed by atoms with van der Waals surface area (Å²) in [7, 11) is 1.91. The van der Waals surface area contributed by atoms with Crippen molar-refractivity contribution in [2.75, 3.05) is 7.05 Å². The number of aromatic amines is 1. The van der Waals surface area contributed by atoms with Gasteiger partial charge in [0.05, 0.1) is 12.5 Å². The van der Waals surface area contributed by atoms with Gasteiger partial charge in [-0.25, -0.2) is 19.6 Å². The molecule has 0 saturated heterocycles. The number of fused-ring (bicyclic) bond motifs is 1. The predicted octanol–water partition coefficient (Wildman–Crippen LogP) is 0.566. The van der Waals surface area contributed by atoms with E-state index in [1.165, 1.54) is 6.33 Å². The van der Waals surface area contributed by atoms with E-state index in [-0.39, 0.29) is 0 Å². The van der Waals surface area contributed by atoms with Crippen molar-refractivity contribution in [3.8, 4) is 5.82 Å². The first-order valence-electron chi connectivity index (χ1n) is 5.64. The van der Waals surface area contributed by atoms with E-state index >= 15 is 0 Å². The number of H-pyrrole nitrogens is 1. The van der Waals surface area contributed by atoms with Gasteiger partial charge in [-0.15, -0.1) is 0 Å². The molecule has 0 aliphatic heterocycles. The van der Waals surface area contributed by atoms with Crippen molar-refractivity contribution in [3.05, 3.63) is 30.1 Å². The first kappa shape index (κ1) is 10.8. The van der Waals surface area contributed by atoms with Crippen LogP contribution < -0.4 is 5.32 Å². The van der Waals surface area contributed by atoms with Crippen LogP contribution in [0.15, 0.2) is 18.9 Å². The van der Waals surface area contributed by atoms with E-state index in [0.29, 0.717) is 5.65 Å². The molecule has 0 saturated carbocycles. The maximum Gasteiger partial charge on any atom is 0.182 e. The highest BCUT2D eigenvalue weighted by Gasteiger charge is 2.12. The minimum Gasteiger partial charge on any atom is -0.340 e. The van der Waals surface area contributed by atoms with E-state index in [2.05, 4.69) is 30.4 Å². The van der Waals surface area contributed by atoms with Crippen molar-refractivity contribution >= 4 is 11.2 Å². The molecular formula is C11H13N7. The van der Waals surface area contributed by atoms with Gasteiger partial charge in [0.15, 0.2) is 11.5 Å². The Bertz CT molecular complexity index is 682. The van der Waals surface area contributed by atoms with Gasteiger partial charge in [0, 0.05) is 17.8 Å². The van der Waals surface area contributed by atoms with Crippen LogP contribution in [0.5, 0.6) is 0 Å². The second kappa shape index (κ2) is 4.19. The lowest BCUT2D eigenvalue weighted by Crippen LogP contribution is -2.07. The van der Waals surface area contributed by atoms with Gasteiger partial charge in [0.2, 0.25) is 0 Å². The molecular weight excluding hydrogens is 230 g/mol. The van der Waals surface area contributed by atoms with Crippen LogP contribution in [0.4, 0.5) is 0 Å². The Morgan fingerprint density at radius 3 is 3.06 bits per heavy atom. The Morgan fingerprint density at radius 1 is 1.33 bits per heavy atom. The van der Waals surface area contributed by atoms with Crippen LogP contribution in [0, 0.1) is 6.92 Å². The summed E-state index contributed by atoms with van der Waals surface area (Å²) in [5.41, 5.74) is 3.63. The van der Waals surface area contributed by atoms with Crippen LogP contribution in [-0.4, -0.2) is 36.8 Å². The number of nitrogens with zero attached hydrogens (tertiary/aromatic N) is 5. The molecule has 18 heavy (non-hydrogen) atoms. The molecule has 3 aromatic heterocycles. The summed E-state index contributed by atoms with van der Waals surface area (Å²) in [4.78, 5) is 15.5. The second-order valence-electron chi connectivity index (χ2n) is 4.00. The third kappa shape index (κ3) is 1.56. The lowest BCUT2D eigenvalue weighted by Gasteiger charge is -2.04. The quantitative estimate of drug-likeness (QED) is 0.702. The van der Waals surface area contributed by atoms with Gasteiger partial charge in [0.1, 0.15) is 11.8 Å². The van der Waals surface area contributed by atoms with Crippen molar-refractivity contribution in [1.82, 2.24) is 35.0 Å². The smallest absolute Gasteiger partial charge is 0.182 e. The summed E-state index contributed by atoms with van der Waals surface area (Å²) >= 11 is 0. The maximum absolute atomic E-state index is 4.37. The molecule has 0 radical (unpaired) electrons. The molecule has 3 heterocycles. The summed E-state index contributed by atoms with van der Waals surface area (Å²) in [6, 6.07) is 0. The fourth-order valence-electron chi connectivity index (χ4n) is 1.93. The fourth-order valence-corrected chi connectivity index (χ4v) is 1.93. The molecule has 0 aliphatic rings. The fraction of sp³-hybridized carbons (Fsp3) is 0.273. The average molecular weight is 243 g/mol. The standard InChI is InChI=1S/C11H13N7/c1-7-8(3-12-2)4-17-18(7)11-9-10(14-5-13-9)15-6-16-11/h4-6,12H,3H2,1-2H3,(H,13,14,15,16). The molecule has 0 amide bonds. The maximum atomic E-state index is 4.37. The van der Waals surface area contributed by atoms with Crippen LogP contribution in [0.25, 0.3) is 17.0 Å². The first-order valence-corrected chi connectivity index (χ1v) is 5.64. The average Bonchev–Trinajstić information content (AvgIpc) is 2.98. The van der Waals surface area contributed by atoms with Gasteiger partial charge in [-0.2, -0.15) is 5.10 Å². The predicted molar refractivity (Wildman–Crippen MR) is 66.3 cm³/mol. The van der Waals surface area contributed by atoms with Crippen molar-refractivity contribution in [2.24, 2.45) is 0 Å². The normalized spacial score (nSPS) is 11.2. The monoisotopic (exact) mass is 243 g/mol. The minimum absolute atomic E-state index is 0.644. The molecule has 0 aliphatic carbocycles. The van der Waals surface area contributed by atoms with Gasteiger partial charge < -0.3 is 10.3 Å². The molecule has 0 unspecified atom stereocenters. The Kier molecular flexibility index (Phi) is 2.52. The van der Waals surface area contributed by atoms with Crippen LogP contribution >= 0.6 is 0 Å². The van der Waals surface area contributed by atoms with E-state index in [0.717, 1.165) is 29.1 Å². The number of nitrogens with one attached hydrogen (secondary N) is 2. The molecule has 92 valence electrons. The summed E-state index contributed by atoms with van der Waals surface area (Å²) in [5.74, 6) is 0.720. The Hall–Kier alpha value is -2.28. The molecule has 0 fully saturated rings. The van der Waals surface area contributed by atoms with Crippen LogP contribution in [0.2, 0.25) is 0 Å². The van der Waals surface area contributed by atoms with E-state index in [4.69, 9.17) is 0 Å². The van der Waals surface area contributed by atoms with Gasteiger partial charge in [-0.3, -0.25) is 0 Å². The van der Waals surface area contributed by atoms with Gasteiger partial charge >= 0.3 is 0 Å². The zero-order chi connectivity index (χ0) is 12.5. The van der Waals surface area contributed by atoms with Crippen molar-refractivity contribution in [3.63, 3.8) is 0 Å². The zero-order valence-electron chi connectivity index (χ0n) is 10.2. The van der Waals surface area contributed by atoms with Crippen molar-refractivity contribution in [2.45, 2.75) is 13.5 Å². The number of imidazole rings is 1. The number of hydrogen-bond acceptors (Lipinski definition) is 5. The highest BCUT2D eigenvalue weighted by Crippen LogP contribution is 2.17. The van der Waals surface area contributed by atoms with Crippen LogP contribution in [-0.2, 0) is 6.54 Å². The lowest BCUT2D eigenvalue weighted by atomic mass is 10.2. The third-order valence-corrected chi connectivity index (χ3v) is 2.88. The van der Waals surface area contributed by atoms with Crippen LogP contribution in [0.3, 0.4) is 0 Å². The second-order valence-corrected chi connectivity index (χ2v) is 4.00. The van der Waals surface area contributed by atoms with E-state index in [1.54, 1.807) is 11.0 Å². The zero-order valence-corrected chi connectivity index (χ0v) is 10.2. The molecule has 3 aromatic rings. The topological polar surface area (TPSA) is 84.3 Å². The molecule has 2 N–H and O–H groups in total. The molecule has 0 atom stereocenters. The Balaban J connectivity index is 2.17. The Morgan fingerprint density at radius 2 is 2.22 bits per heavy atom. The SMILES string of the molecule is CNCc1cnn(-c2ncnc3nc[nH]c23)c1C. The molecule has 0 bridgehead atoms. The summed E-state index contributed by atoms with van der Waals surface area (Å²) in [6.07, 6.45) is 4.95. The third-order valence-electron chi connectivity index (χ3n) is 2.88.